The molecule has 5 heteroatoms. The maximum Gasteiger partial charge on any atom is 0.122 e. The molecule has 0 saturated heterocycles. The molecule has 1 aliphatic heterocycles. The van der Waals surface area contributed by atoms with E-state index >= 15 is 0 Å². The number of benzene rings is 1. The molecular formula is C14H14ClN3S. The molecule has 1 aromatic carbocycles. The van der Waals surface area contributed by atoms with E-state index in [4.69, 9.17) is 22.7 Å². The van der Waals surface area contributed by atoms with Crippen molar-refractivity contribution in [2.45, 2.75) is 13.0 Å². The number of nitrogens with zero attached hydrogens (tertiary/aromatic N) is 1. The zero-order valence-electron chi connectivity index (χ0n) is 10.3. The van der Waals surface area contributed by atoms with Gasteiger partial charge in [-0.1, -0.05) is 11.6 Å². The summed E-state index contributed by atoms with van der Waals surface area (Å²) in [5.41, 5.74) is 8.55. The smallest absolute Gasteiger partial charge is 0.122 e. The molecule has 0 radical (unpaired) electrons. The SMILES string of the molecule is N=C(N)c1ccc(N2CCc3sccc3C2)c(Cl)c1. The number of nitrogens with one attached hydrogen (secondary N) is 1. The van der Waals surface area contributed by atoms with Crippen LogP contribution in [-0.2, 0) is 13.0 Å². The lowest BCUT2D eigenvalue weighted by Crippen LogP contribution is -2.29. The standard InChI is InChI=1S/C14H14ClN3S/c15-11-7-9(14(16)17)1-2-12(11)18-5-3-13-10(8-18)4-6-19-13/h1-2,4,6-7H,3,5,8H2,(H3,16,17). The van der Waals surface area contributed by atoms with E-state index < -0.39 is 0 Å². The number of thiophene rings is 1. The fraction of sp³-hybridized carbons (Fsp3) is 0.214. The molecule has 0 atom stereocenters. The summed E-state index contributed by atoms with van der Waals surface area (Å²) in [6.45, 7) is 1.88. The maximum absolute atomic E-state index is 7.43. The molecule has 0 saturated carbocycles. The van der Waals surface area contributed by atoms with E-state index in [0.29, 0.717) is 10.6 Å². The highest BCUT2D eigenvalue weighted by atomic mass is 35.5. The Morgan fingerprint density at radius 2 is 2.21 bits per heavy atom. The Kier molecular flexibility index (Phi) is 3.21. The zero-order valence-corrected chi connectivity index (χ0v) is 11.9. The Morgan fingerprint density at radius 3 is 2.95 bits per heavy atom. The van der Waals surface area contributed by atoms with E-state index in [0.717, 1.165) is 25.2 Å². The van der Waals surface area contributed by atoms with Crippen LogP contribution >= 0.6 is 22.9 Å². The fourth-order valence-electron chi connectivity index (χ4n) is 2.38. The van der Waals surface area contributed by atoms with Crippen molar-refractivity contribution >= 4 is 34.5 Å². The van der Waals surface area contributed by atoms with Crippen LogP contribution < -0.4 is 10.6 Å². The molecule has 0 aliphatic carbocycles. The van der Waals surface area contributed by atoms with Gasteiger partial charge in [-0.2, -0.15) is 0 Å². The van der Waals surface area contributed by atoms with Crippen molar-refractivity contribution in [1.29, 1.82) is 5.41 Å². The highest BCUT2D eigenvalue weighted by Gasteiger charge is 2.19. The van der Waals surface area contributed by atoms with E-state index in [9.17, 15) is 0 Å². The van der Waals surface area contributed by atoms with Crippen molar-refractivity contribution in [1.82, 2.24) is 0 Å². The Labute approximate surface area is 121 Å². The van der Waals surface area contributed by atoms with E-state index in [-0.39, 0.29) is 5.84 Å². The number of amidine groups is 1. The van der Waals surface area contributed by atoms with Crippen molar-refractivity contribution < 1.29 is 0 Å². The third-order valence-electron chi connectivity index (χ3n) is 3.41. The number of fused-ring (bicyclic) bond motifs is 1. The quantitative estimate of drug-likeness (QED) is 0.659. The van der Waals surface area contributed by atoms with Gasteiger partial charge in [0.25, 0.3) is 0 Å². The first kappa shape index (κ1) is 12.5. The van der Waals surface area contributed by atoms with E-state index in [1.165, 1.54) is 10.4 Å². The number of nitrogen functional groups attached to an aromatic ring is 1. The van der Waals surface area contributed by atoms with Crippen LogP contribution in [0.5, 0.6) is 0 Å². The summed E-state index contributed by atoms with van der Waals surface area (Å²) in [7, 11) is 0. The predicted molar refractivity (Wildman–Crippen MR) is 81.5 cm³/mol. The van der Waals surface area contributed by atoms with Gasteiger partial charge in [-0.15, -0.1) is 11.3 Å². The molecule has 2 heterocycles. The second-order valence-corrected chi connectivity index (χ2v) is 6.03. The van der Waals surface area contributed by atoms with E-state index in [2.05, 4.69) is 16.3 Å². The van der Waals surface area contributed by atoms with Crippen LogP contribution in [0, 0.1) is 5.41 Å². The van der Waals surface area contributed by atoms with Crippen LogP contribution in [0.15, 0.2) is 29.6 Å². The maximum atomic E-state index is 7.43. The second kappa shape index (κ2) is 4.87. The van der Waals surface area contributed by atoms with Crippen molar-refractivity contribution in [3.63, 3.8) is 0 Å². The number of nitrogens with two attached hydrogens (primary N) is 1. The Hall–Kier alpha value is -1.52. The predicted octanol–water partition coefficient (Wildman–Crippen LogP) is 3.25. The van der Waals surface area contributed by atoms with Crippen molar-refractivity contribution in [2.75, 3.05) is 11.4 Å². The summed E-state index contributed by atoms with van der Waals surface area (Å²) in [6, 6.07) is 7.76. The number of rotatable bonds is 2. The topological polar surface area (TPSA) is 53.1 Å². The molecule has 3 rings (SSSR count). The molecule has 0 fully saturated rings. The Bertz CT molecular complexity index is 635. The number of halogens is 1. The summed E-state index contributed by atoms with van der Waals surface area (Å²) in [5, 5.41) is 10.2. The summed E-state index contributed by atoms with van der Waals surface area (Å²) >= 11 is 8.15. The normalized spacial score (nSPS) is 14.3. The molecule has 0 spiro atoms. The molecule has 2 aromatic rings. The van der Waals surface area contributed by atoms with Crippen molar-refractivity contribution in [3.8, 4) is 0 Å². The van der Waals surface area contributed by atoms with E-state index in [1.54, 1.807) is 6.07 Å². The van der Waals surface area contributed by atoms with Gasteiger partial charge in [-0.05, 0) is 41.6 Å². The molecule has 0 bridgehead atoms. The van der Waals surface area contributed by atoms with Gasteiger partial charge in [0, 0.05) is 23.5 Å². The number of hydrogen-bond acceptors (Lipinski definition) is 3. The highest BCUT2D eigenvalue weighted by molar-refractivity contribution is 7.10. The minimum Gasteiger partial charge on any atom is -0.384 e. The average molecular weight is 292 g/mol. The zero-order chi connectivity index (χ0) is 13.4. The van der Waals surface area contributed by atoms with Gasteiger partial charge in [0.05, 0.1) is 10.7 Å². The molecule has 19 heavy (non-hydrogen) atoms. The summed E-state index contributed by atoms with van der Waals surface area (Å²) < 4.78 is 0. The minimum absolute atomic E-state index is 0.0483. The second-order valence-electron chi connectivity index (χ2n) is 4.62. The molecule has 98 valence electrons. The first-order valence-corrected chi connectivity index (χ1v) is 7.35. The number of anilines is 1. The number of hydrogen-bond donors (Lipinski definition) is 2. The van der Waals surface area contributed by atoms with Crippen molar-refractivity contribution in [3.05, 3.63) is 50.7 Å². The molecule has 1 aliphatic rings. The molecule has 0 unspecified atom stereocenters. The van der Waals surface area contributed by atoms with Gasteiger partial charge in [0.1, 0.15) is 5.84 Å². The lowest BCUT2D eigenvalue weighted by atomic mass is 10.1. The van der Waals surface area contributed by atoms with Gasteiger partial charge >= 0.3 is 0 Å². The van der Waals surface area contributed by atoms with Gasteiger partial charge < -0.3 is 10.6 Å². The summed E-state index contributed by atoms with van der Waals surface area (Å²) in [5.74, 6) is 0.0483. The first-order chi connectivity index (χ1) is 9.15. The Morgan fingerprint density at radius 1 is 1.37 bits per heavy atom. The minimum atomic E-state index is 0.0483. The fourth-order valence-corrected chi connectivity index (χ4v) is 3.57. The molecule has 3 N–H and O–H groups in total. The molecule has 3 nitrogen and oxygen atoms in total. The highest BCUT2D eigenvalue weighted by Crippen LogP contribution is 2.32. The molecular weight excluding hydrogens is 278 g/mol. The first-order valence-electron chi connectivity index (χ1n) is 6.09. The monoisotopic (exact) mass is 291 g/mol. The third kappa shape index (κ3) is 2.33. The van der Waals surface area contributed by atoms with Gasteiger partial charge in [0.15, 0.2) is 0 Å². The van der Waals surface area contributed by atoms with Gasteiger partial charge in [-0.25, -0.2) is 0 Å². The van der Waals surface area contributed by atoms with Crippen molar-refractivity contribution in [2.24, 2.45) is 5.73 Å². The lowest BCUT2D eigenvalue weighted by Gasteiger charge is -2.30. The van der Waals surface area contributed by atoms with E-state index in [1.807, 2.05) is 23.5 Å². The van der Waals surface area contributed by atoms with Crippen LogP contribution in [0.4, 0.5) is 5.69 Å². The molecule has 1 aromatic heterocycles. The van der Waals surface area contributed by atoms with Gasteiger partial charge in [-0.3, -0.25) is 5.41 Å². The lowest BCUT2D eigenvalue weighted by molar-refractivity contribution is 0.744. The van der Waals surface area contributed by atoms with Crippen LogP contribution in [0.25, 0.3) is 0 Å². The van der Waals surface area contributed by atoms with Gasteiger partial charge in [0.2, 0.25) is 0 Å². The average Bonchev–Trinajstić information content (AvgIpc) is 2.85. The van der Waals surface area contributed by atoms with Crippen LogP contribution in [0.2, 0.25) is 5.02 Å². The third-order valence-corrected chi connectivity index (χ3v) is 4.73. The van der Waals surface area contributed by atoms with Crippen LogP contribution in [0.1, 0.15) is 16.0 Å². The summed E-state index contributed by atoms with van der Waals surface area (Å²) in [6.07, 6.45) is 1.07. The van der Waals surface area contributed by atoms with Crippen LogP contribution in [0.3, 0.4) is 0 Å². The largest absolute Gasteiger partial charge is 0.384 e. The van der Waals surface area contributed by atoms with Crippen LogP contribution in [-0.4, -0.2) is 12.4 Å². The molecule has 0 amide bonds. The Balaban J connectivity index is 1.90. The summed E-state index contributed by atoms with van der Waals surface area (Å²) in [4.78, 5) is 3.76.